The molecule has 1 atom stereocenters. The van der Waals surface area contributed by atoms with E-state index in [1.54, 1.807) is 0 Å². The Labute approximate surface area is 117 Å². The number of nitro benzene ring substituents is 1. The topological polar surface area (TPSA) is 107 Å². The van der Waals surface area contributed by atoms with Crippen LogP contribution in [0, 0.1) is 15.5 Å². The van der Waals surface area contributed by atoms with Gasteiger partial charge in [0.1, 0.15) is 5.75 Å². The number of amides is 1. The van der Waals surface area contributed by atoms with Crippen molar-refractivity contribution in [2.24, 2.45) is 11.1 Å². The fraction of sp³-hybridized carbons (Fsp3) is 0.462. The van der Waals surface area contributed by atoms with Crippen molar-refractivity contribution in [3.63, 3.8) is 0 Å². The molecule has 1 aromatic carbocycles. The summed E-state index contributed by atoms with van der Waals surface area (Å²) < 4.78 is 5.04. The fourth-order valence-corrected chi connectivity index (χ4v) is 1.50. The smallest absolute Gasteiger partial charge is 0.273 e. The molecule has 1 aromatic rings. The van der Waals surface area contributed by atoms with E-state index >= 15 is 0 Å². The maximum atomic E-state index is 12.0. The Hall–Kier alpha value is -2.15. The second-order valence-corrected chi connectivity index (χ2v) is 5.47. The number of nitrogens with two attached hydrogens (primary N) is 1. The maximum absolute atomic E-state index is 12.0. The summed E-state index contributed by atoms with van der Waals surface area (Å²) in [6.07, 6.45) is 0. The zero-order valence-electron chi connectivity index (χ0n) is 12.0. The van der Waals surface area contributed by atoms with Crippen LogP contribution in [0.15, 0.2) is 18.2 Å². The van der Waals surface area contributed by atoms with E-state index in [1.165, 1.54) is 25.3 Å². The molecule has 20 heavy (non-hydrogen) atoms. The van der Waals surface area contributed by atoms with Gasteiger partial charge < -0.3 is 15.8 Å². The molecular formula is C13H19N3O4. The molecule has 0 saturated heterocycles. The molecule has 7 heteroatoms. The Morgan fingerprint density at radius 1 is 1.45 bits per heavy atom. The number of carbonyl (C=O) groups is 1. The molecule has 0 radical (unpaired) electrons. The van der Waals surface area contributed by atoms with E-state index in [-0.39, 0.29) is 17.3 Å². The Bertz CT molecular complexity index is 523. The molecule has 0 heterocycles. The lowest BCUT2D eigenvalue weighted by Crippen LogP contribution is -2.45. The molecule has 0 aliphatic rings. The first-order chi connectivity index (χ1) is 9.16. The molecular weight excluding hydrogens is 262 g/mol. The van der Waals surface area contributed by atoms with Gasteiger partial charge in [-0.15, -0.1) is 0 Å². The average molecular weight is 281 g/mol. The zero-order chi connectivity index (χ0) is 15.5. The minimum atomic E-state index is -0.706. The van der Waals surface area contributed by atoms with Gasteiger partial charge in [0, 0.05) is 6.07 Å². The van der Waals surface area contributed by atoms with Crippen molar-refractivity contribution >= 4 is 17.3 Å². The molecule has 0 bridgehead atoms. The van der Waals surface area contributed by atoms with E-state index < -0.39 is 16.4 Å². The van der Waals surface area contributed by atoms with Gasteiger partial charge >= 0.3 is 0 Å². The normalized spacial score (nSPS) is 12.7. The van der Waals surface area contributed by atoms with Gasteiger partial charge in [0.2, 0.25) is 5.91 Å². The van der Waals surface area contributed by atoms with Gasteiger partial charge in [0.25, 0.3) is 5.69 Å². The number of carbonyl (C=O) groups excluding carboxylic acids is 1. The first kappa shape index (κ1) is 15.9. The van der Waals surface area contributed by atoms with Crippen LogP contribution < -0.4 is 15.8 Å². The van der Waals surface area contributed by atoms with Crippen molar-refractivity contribution in [1.82, 2.24) is 0 Å². The lowest BCUT2D eigenvalue weighted by atomic mass is 9.87. The van der Waals surface area contributed by atoms with E-state index in [1.807, 2.05) is 20.8 Å². The van der Waals surface area contributed by atoms with Crippen molar-refractivity contribution in [2.75, 3.05) is 12.4 Å². The molecule has 7 nitrogen and oxygen atoms in total. The predicted octanol–water partition coefficient (Wildman–Crippen LogP) is 1.92. The standard InChI is InChI=1S/C13H19N3O4/c1-13(2,3)11(14)12(17)15-9-6-5-8(16(18)19)7-10(9)20-4/h5-7,11H,14H2,1-4H3,(H,15,17)/t11-/m1/s1. The Balaban J connectivity index is 2.98. The quantitative estimate of drug-likeness (QED) is 0.647. The van der Waals surface area contributed by atoms with Crippen molar-refractivity contribution in [2.45, 2.75) is 26.8 Å². The van der Waals surface area contributed by atoms with Crippen LogP contribution in [0.5, 0.6) is 5.75 Å². The molecule has 1 amide bonds. The highest BCUT2D eigenvalue weighted by Gasteiger charge is 2.28. The summed E-state index contributed by atoms with van der Waals surface area (Å²) in [5, 5.41) is 13.3. The number of hydrogen-bond acceptors (Lipinski definition) is 5. The predicted molar refractivity (Wildman–Crippen MR) is 75.7 cm³/mol. The number of methoxy groups -OCH3 is 1. The van der Waals surface area contributed by atoms with Crippen molar-refractivity contribution in [3.8, 4) is 5.75 Å². The largest absolute Gasteiger partial charge is 0.494 e. The molecule has 0 spiro atoms. The van der Waals surface area contributed by atoms with Gasteiger partial charge in [0.15, 0.2) is 0 Å². The Kier molecular flexibility index (Phi) is 4.67. The average Bonchev–Trinajstić information content (AvgIpc) is 2.36. The SMILES string of the molecule is COc1cc([N+](=O)[O-])ccc1NC(=O)[C@@H](N)C(C)(C)C. The second kappa shape index (κ2) is 5.87. The molecule has 0 aromatic heterocycles. The fourth-order valence-electron chi connectivity index (χ4n) is 1.50. The number of benzene rings is 1. The van der Waals surface area contributed by atoms with Crippen LogP contribution in [-0.2, 0) is 4.79 Å². The summed E-state index contributed by atoms with van der Waals surface area (Å²) in [4.78, 5) is 22.2. The lowest BCUT2D eigenvalue weighted by Gasteiger charge is -2.26. The van der Waals surface area contributed by atoms with Gasteiger partial charge in [-0.1, -0.05) is 20.8 Å². The summed E-state index contributed by atoms with van der Waals surface area (Å²) in [6, 6.07) is 3.26. The van der Waals surface area contributed by atoms with E-state index in [0.29, 0.717) is 5.69 Å². The van der Waals surface area contributed by atoms with Gasteiger partial charge in [-0.2, -0.15) is 0 Å². The monoisotopic (exact) mass is 281 g/mol. The van der Waals surface area contributed by atoms with Crippen LogP contribution in [0.4, 0.5) is 11.4 Å². The number of rotatable bonds is 4. The van der Waals surface area contributed by atoms with Crippen LogP contribution in [-0.4, -0.2) is 24.0 Å². The molecule has 1 rings (SSSR count). The maximum Gasteiger partial charge on any atom is 0.273 e. The second-order valence-electron chi connectivity index (χ2n) is 5.47. The highest BCUT2D eigenvalue weighted by atomic mass is 16.6. The number of nitrogens with one attached hydrogen (secondary N) is 1. The first-order valence-corrected chi connectivity index (χ1v) is 6.05. The van der Waals surface area contributed by atoms with Gasteiger partial charge in [-0.3, -0.25) is 14.9 Å². The van der Waals surface area contributed by atoms with Crippen molar-refractivity contribution < 1.29 is 14.5 Å². The number of nitro groups is 1. The van der Waals surface area contributed by atoms with Crippen LogP contribution in [0.25, 0.3) is 0 Å². The van der Waals surface area contributed by atoms with Gasteiger partial charge in [0.05, 0.1) is 29.8 Å². The summed E-state index contributed by atoms with van der Waals surface area (Å²) >= 11 is 0. The zero-order valence-corrected chi connectivity index (χ0v) is 12.0. The van der Waals surface area contributed by atoms with Crippen molar-refractivity contribution in [1.29, 1.82) is 0 Å². The molecule has 0 aliphatic heterocycles. The number of nitrogens with zero attached hydrogens (tertiary/aromatic N) is 1. The van der Waals surface area contributed by atoms with Crippen LogP contribution in [0.2, 0.25) is 0 Å². The molecule has 0 aliphatic carbocycles. The van der Waals surface area contributed by atoms with E-state index in [2.05, 4.69) is 5.32 Å². The molecule has 110 valence electrons. The summed E-state index contributed by atoms with van der Waals surface area (Å²) in [5.41, 5.74) is 5.70. The number of hydrogen-bond donors (Lipinski definition) is 2. The Morgan fingerprint density at radius 3 is 2.50 bits per heavy atom. The third kappa shape index (κ3) is 3.67. The molecule has 0 unspecified atom stereocenters. The number of anilines is 1. The summed E-state index contributed by atoms with van der Waals surface area (Å²) in [5.74, 6) is -0.154. The molecule has 0 fully saturated rings. The van der Waals surface area contributed by atoms with Gasteiger partial charge in [-0.05, 0) is 11.5 Å². The lowest BCUT2D eigenvalue weighted by molar-refractivity contribution is -0.384. The summed E-state index contributed by atoms with van der Waals surface area (Å²) in [7, 11) is 1.37. The van der Waals surface area contributed by atoms with E-state index in [0.717, 1.165) is 0 Å². The third-order valence-electron chi connectivity index (χ3n) is 2.87. The van der Waals surface area contributed by atoms with E-state index in [4.69, 9.17) is 10.5 Å². The number of ether oxygens (including phenoxy) is 1. The van der Waals surface area contributed by atoms with Crippen LogP contribution in [0.3, 0.4) is 0 Å². The molecule has 3 N–H and O–H groups in total. The van der Waals surface area contributed by atoms with E-state index in [9.17, 15) is 14.9 Å². The first-order valence-electron chi connectivity index (χ1n) is 6.05. The highest BCUT2D eigenvalue weighted by molar-refractivity contribution is 5.96. The minimum Gasteiger partial charge on any atom is -0.494 e. The van der Waals surface area contributed by atoms with Crippen LogP contribution >= 0.6 is 0 Å². The van der Waals surface area contributed by atoms with Crippen LogP contribution in [0.1, 0.15) is 20.8 Å². The number of non-ortho nitro benzene ring substituents is 1. The van der Waals surface area contributed by atoms with Gasteiger partial charge in [-0.25, -0.2) is 0 Å². The van der Waals surface area contributed by atoms with Crippen molar-refractivity contribution in [3.05, 3.63) is 28.3 Å². The third-order valence-corrected chi connectivity index (χ3v) is 2.87. The summed E-state index contributed by atoms with van der Waals surface area (Å²) in [6.45, 7) is 5.55. The minimum absolute atomic E-state index is 0.111. The molecule has 0 saturated carbocycles. The highest BCUT2D eigenvalue weighted by Crippen LogP contribution is 2.29. The Morgan fingerprint density at radius 2 is 2.05 bits per heavy atom.